The second-order valence-electron chi connectivity index (χ2n) is 9.88. The van der Waals surface area contributed by atoms with Crippen LogP contribution in [-0.2, 0) is 14.8 Å². The number of aromatic nitrogens is 1. The zero-order valence-electron chi connectivity index (χ0n) is 22.5. The molecule has 200 valence electrons. The predicted octanol–water partition coefficient (Wildman–Crippen LogP) is 5.00. The number of aryl methyl sites for hydroxylation is 3. The van der Waals surface area contributed by atoms with Gasteiger partial charge in [0.25, 0.3) is 0 Å². The summed E-state index contributed by atoms with van der Waals surface area (Å²) in [5.41, 5.74) is 4.25. The van der Waals surface area contributed by atoms with Crippen LogP contribution >= 0.6 is 11.3 Å². The molecule has 1 aromatic heterocycles. The molecular weight excluding hydrogens is 504 g/mol. The van der Waals surface area contributed by atoms with Crippen molar-refractivity contribution in [1.29, 1.82) is 0 Å². The number of piperidine rings is 1. The molecule has 0 bridgehead atoms. The van der Waals surface area contributed by atoms with Crippen molar-refractivity contribution in [2.75, 3.05) is 44.2 Å². The van der Waals surface area contributed by atoms with Crippen LogP contribution in [0.4, 0.5) is 5.13 Å². The van der Waals surface area contributed by atoms with Gasteiger partial charge in [0.1, 0.15) is 0 Å². The highest BCUT2D eigenvalue weighted by Crippen LogP contribution is 2.35. The van der Waals surface area contributed by atoms with Crippen LogP contribution in [0.2, 0.25) is 0 Å². The highest BCUT2D eigenvalue weighted by atomic mass is 32.2. The molecule has 7 nitrogen and oxygen atoms in total. The topological polar surface area (TPSA) is 73.8 Å². The minimum Gasteiger partial charge on any atom is -0.302 e. The third-order valence-corrected chi connectivity index (χ3v) is 10.6. The van der Waals surface area contributed by atoms with E-state index in [4.69, 9.17) is 4.98 Å². The maximum absolute atomic E-state index is 13.9. The number of thiazole rings is 1. The van der Waals surface area contributed by atoms with Crippen molar-refractivity contribution >= 4 is 42.6 Å². The fraction of sp³-hybridized carbons (Fsp3) is 0.500. The molecular formula is C28H38N4O3S2. The van der Waals surface area contributed by atoms with E-state index in [0.29, 0.717) is 37.4 Å². The van der Waals surface area contributed by atoms with Gasteiger partial charge in [0.15, 0.2) is 5.13 Å². The number of anilines is 1. The zero-order valence-corrected chi connectivity index (χ0v) is 24.2. The second kappa shape index (κ2) is 11.6. The molecule has 1 fully saturated rings. The molecule has 9 heteroatoms. The highest BCUT2D eigenvalue weighted by molar-refractivity contribution is 7.89. The van der Waals surface area contributed by atoms with Crippen LogP contribution in [0.5, 0.6) is 0 Å². The summed E-state index contributed by atoms with van der Waals surface area (Å²) in [5.74, 6) is -0.177. The van der Waals surface area contributed by atoms with Gasteiger partial charge in [0, 0.05) is 32.1 Å². The zero-order chi connectivity index (χ0) is 26.7. The van der Waals surface area contributed by atoms with E-state index in [2.05, 4.69) is 44.7 Å². The molecule has 0 saturated carbocycles. The quantitative estimate of drug-likeness (QED) is 0.381. The van der Waals surface area contributed by atoms with Gasteiger partial charge in [-0.2, -0.15) is 4.31 Å². The van der Waals surface area contributed by atoms with Crippen molar-refractivity contribution in [1.82, 2.24) is 14.2 Å². The highest BCUT2D eigenvalue weighted by Gasteiger charge is 2.35. The molecule has 4 rings (SSSR count). The van der Waals surface area contributed by atoms with Gasteiger partial charge in [-0.05, 0) is 70.0 Å². The largest absolute Gasteiger partial charge is 0.302 e. The molecule has 37 heavy (non-hydrogen) atoms. The minimum absolute atomic E-state index is 0.0499. The van der Waals surface area contributed by atoms with E-state index in [9.17, 15) is 13.2 Å². The van der Waals surface area contributed by atoms with E-state index in [1.54, 1.807) is 23.5 Å². The number of amides is 1. The Morgan fingerprint density at radius 3 is 2.19 bits per heavy atom. The third kappa shape index (κ3) is 5.90. The molecule has 0 N–H and O–H groups in total. The molecule has 2 aromatic carbocycles. The Kier molecular flexibility index (Phi) is 8.68. The molecule has 3 aromatic rings. The number of likely N-dealkylation sites (N-methyl/N-ethyl adjacent to an activating group) is 1. The first kappa shape index (κ1) is 27.7. The van der Waals surface area contributed by atoms with E-state index in [-0.39, 0.29) is 11.8 Å². The van der Waals surface area contributed by atoms with Crippen LogP contribution in [-0.4, -0.2) is 67.8 Å². The molecule has 0 aliphatic carbocycles. The Balaban J connectivity index is 1.54. The van der Waals surface area contributed by atoms with Gasteiger partial charge in [-0.15, -0.1) is 0 Å². The molecule has 0 radical (unpaired) electrons. The lowest BCUT2D eigenvalue weighted by Crippen LogP contribution is -2.46. The van der Waals surface area contributed by atoms with E-state index in [1.165, 1.54) is 4.31 Å². The minimum atomic E-state index is -3.56. The third-order valence-electron chi connectivity index (χ3n) is 7.42. The van der Waals surface area contributed by atoms with Gasteiger partial charge in [-0.25, -0.2) is 13.4 Å². The average molecular weight is 543 g/mol. The van der Waals surface area contributed by atoms with Crippen LogP contribution < -0.4 is 4.90 Å². The lowest BCUT2D eigenvalue weighted by molar-refractivity contribution is -0.123. The van der Waals surface area contributed by atoms with E-state index < -0.39 is 10.0 Å². The van der Waals surface area contributed by atoms with Crippen LogP contribution in [0.1, 0.15) is 43.4 Å². The molecule has 1 saturated heterocycles. The summed E-state index contributed by atoms with van der Waals surface area (Å²) >= 11 is 1.58. The summed E-state index contributed by atoms with van der Waals surface area (Å²) in [7, 11) is -3.56. The SMILES string of the molecule is CCN(CC)CCN(C(=O)C1CCN(S(=O)(=O)c2ccc(C)cc2)CC1)c1nc2c(C)ccc(C)c2s1. The van der Waals surface area contributed by atoms with Crippen LogP contribution in [0.25, 0.3) is 10.2 Å². The first-order valence-corrected chi connectivity index (χ1v) is 15.4. The summed E-state index contributed by atoms with van der Waals surface area (Å²) < 4.78 is 28.9. The Morgan fingerprint density at radius 2 is 1.59 bits per heavy atom. The maximum atomic E-state index is 13.9. The molecule has 1 amide bonds. The molecule has 0 atom stereocenters. The van der Waals surface area contributed by atoms with E-state index in [0.717, 1.165) is 51.7 Å². The van der Waals surface area contributed by atoms with Crippen molar-refractivity contribution in [3.05, 3.63) is 53.1 Å². The van der Waals surface area contributed by atoms with Crippen LogP contribution in [0.15, 0.2) is 41.3 Å². The van der Waals surface area contributed by atoms with Crippen molar-refractivity contribution in [3.8, 4) is 0 Å². The lowest BCUT2D eigenvalue weighted by Gasteiger charge is -2.33. The molecule has 2 heterocycles. The van der Waals surface area contributed by atoms with Crippen molar-refractivity contribution in [2.24, 2.45) is 5.92 Å². The smallest absolute Gasteiger partial charge is 0.243 e. The molecule has 0 spiro atoms. The van der Waals surface area contributed by atoms with Gasteiger partial charge in [-0.1, -0.05) is 55.0 Å². The molecule has 0 unspecified atom stereocenters. The standard InChI is InChI=1S/C28H38N4O3S2/c1-6-30(7-2)18-19-32(28-29-25-21(4)10-11-22(5)26(25)36-28)27(33)23-14-16-31(17-15-23)37(34,35)24-12-8-20(3)9-13-24/h8-13,23H,6-7,14-19H2,1-5H3. The summed E-state index contributed by atoms with van der Waals surface area (Å²) in [5, 5.41) is 0.735. The lowest BCUT2D eigenvalue weighted by atomic mass is 9.96. The Bertz CT molecular complexity index is 1300. The van der Waals surface area contributed by atoms with E-state index >= 15 is 0 Å². The normalized spacial score (nSPS) is 15.5. The van der Waals surface area contributed by atoms with E-state index in [1.807, 2.05) is 24.0 Å². The number of sulfonamides is 1. The van der Waals surface area contributed by atoms with Gasteiger partial charge in [-0.3, -0.25) is 9.69 Å². The van der Waals surface area contributed by atoms with Crippen molar-refractivity contribution < 1.29 is 13.2 Å². The van der Waals surface area contributed by atoms with Crippen molar-refractivity contribution in [2.45, 2.75) is 52.4 Å². The Hall–Kier alpha value is -2.33. The predicted molar refractivity (Wildman–Crippen MR) is 152 cm³/mol. The van der Waals surface area contributed by atoms with Gasteiger partial charge >= 0.3 is 0 Å². The number of rotatable bonds is 9. The number of nitrogens with zero attached hydrogens (tertiary/aromatic N) is 4. The number of carbonyl (C=O) groups excluding carboxylic acids is 1. The fourth-order valence-corrected chi connectivity index (χ4v) is 7.48. The average Bonchev–Trinajstić information content (AvgIpc) is 3.35. The van der Waals surface area contributed by atoms with Crippen LogP contribution in [0, 0.1) is 26.7 Å². The van der Waals surface area contributed by atoms with Gasteiger partial charge in [0.2, 0.25) is 15.9 Å². The van der Waals surface area contributed by atoms with Crippen LogP contribution in [0.3, 0.4) is 0 Å². The Morgan fingerprint density at radius 1 is 0.973 bits per heavy atom. The summed E-state index contributed by atoms with van der Waals surface area (Å²) in [6.07, 6.45) is 1.02. The number of carbonyl (C=O) groups is 1. The maximum Gasteiger partial charge on any atom is 0.243 e. The summed E-state index contributed by atoms with van der Waals surface area (Å²) in [6.45, 7) is 14.2. The second-order valence-corrected chi connectivity index (χ2v) is 12.8. The number of fused-ring (bicyclic) bond motifs is 1. The van der Waals surface area contributed by atoms with Gasteiger partial charge < -0.3 is 4.90 Å². The number of hydrogen-bond donors (Lipinski definition) is 0. The monoisotopic (exact) mass is 542 g/mol. The number of benzene rings is 2. The first-order chi connectivity index (χ1) is 17.6. The Labute approximate surface area is 225 Å². The fourth-order valence-electron chi connectivity index (χ4n) is 4.87. The number of hydrogen-bond acceptors (Lipinski definition) is 6. The molecule has 1 aliphatic heterocycles. The summed E-state index contributed by atoms with van der Waals surface area (Å²) in [6, 6.07) is 11.1. The van der Waals surface area contributed by atoms with Gasteiger partial charge in [0.05, 0.1) is 15.1 Å². The van der Waals surface area contributed by atoms with Crippen molar-refractivity contribution in [3.63, 3.8) is 0 Å². The summed E-state index contributed by atoms with van der Waals surface area (Å²) in [4.78, 5) is 23.3. The molecule has 1 aliphatic rings. The first-order valence-electron chi connectivity index (χ1n) is 13.1.